The molecule has 180 valence electrons. The Kier molecular flexibility index (Phi) is 7.51. The zero-order valence-electron chi connectivity index (χ0n) is 19.5. The van der Waals surface area contributed by atoms with Crippen molar-refractivity contribution in [3.63, 3.8) is 0 Å². The van der Waals surface area contributed by atoms with Crippen LogP contribution in [0.5, 0.6) is 5.75 Å². The first-order valence-electron chi connectivity index (χ1n) is 11.0. The van der Waals surface area contributed by atoms with Crippen molar-refractivity contribution in [3.05, 3.63) is 95.2 Å². The van der Waals surface area contributed by atoms with Crippen molar-refractivity contribution < 1.29 is 9.53 Å². The fourth-order valence-corrected chi connectivity index (χ4v) is 4.29. The average molecular weight is 491 g/mol. The summed E-state index contributed by atoms with van der Waals surface area (Å²) in [4.78, 5) is 25.8. The van der Waals surface area contributed by atoms with Crippen LogP contribution >= 0.6 is 11.8 Å². The summed E-state index contributed by atoms with van der Waals surface area (Å²) in [6.07, 6.45) is 1.73. The second-order valence-electron chi connectivity index (χ2n) is 7.67. The number of para-hydroxylation sites is 2. The number of carbonyl (C=O) groups is 1. The minimum absolute atomic E-state index is 0.0634. The molecule has 0 saturated heterocycles. The number of anilines is 1. The smallest absolute Gasteiger partial charge is 0.295 e. The van der Waals surface area contributed by atoms with Gasteiger partial charge in [0, 0.05) is 13.6 Å². The van der Waals surface area contributed by atoms with Gasteiger partial charge in [-0.25, -0.2) is 4.68 Å². The van der Waals surface area contributed by atoms with Crippen molar-refractivity contribution in [3.8, 4) is 11.4 Å². The van der Waals surface area contributed by atoms with Gasteiger partial charge in [-0.2, -0.15) is 0 Å². The molecule has 0 spiro atoms. The van der Waals surface area contributed by atoms with Crippen LogP contribution in [0.3, 0.4) is 0 Å². The number of benzene rings is 2. The quantitative estimate of drug-likeness (QED) is 0.270. The molecule has 0 bridgehead atoms. The number of nitrogens with zero attached hydrogens (tertiary/aromatic N) is 5. The van der Waals surface area contributed by atoms with Crippen LogP contribution in [0.2, 0.25) is 0 Å². The molecule has 10 heteroatoms. The maximum Gasteiger partial charge on any atom is 0.295 e. The van der Waals surface area contributed by atoms with Crippen LogP contribution in [0.25, 0.3) is 5.69 Å². The second-order valence-corrected chi connectivity index (χ2v) is 8.62. The summed E-state index contributed by atoms with van der Waals surface area (Å²) < 4.78 is 10.9. The van der Waals surface area contributed by atoms with Gasteiger partial charge in [0.25, 0.3) is 5.56 Å². The van der Waals surface area contributed by atoms with E-state index in [0.29, 0.717) is 23.2 Å². The van der Waals surface area contributed by atoms with Gasteiger partial charge >= 0.3 is 0 Å². The molecular weight excluding hydrogens is 464 g/mol. The molecule has 0 saturated carbocycles. The summed E-state index contributed by atoms with van der Waals surface area (Å²) in [6, 6.07) is 18.7. The van der Waals surface area contributed by atoms with E-state index in [4.69, 9.17) is 4.74 Å². The summed E-state index contributed by atoms with van der Waals surface area (Å²) in [6.45, 7) is 6.30. The van der Waals surface area contributed by atoms with E-state index in [1.807, 2.05) is 65.2 Å². The van der Waals surface area contributed by atoms with Crippen LogP contribution in [0.15, 0.2) is 83.3 Å². The van der Waals surface area contributed by atoms with Crippen molar-refractivity contribution in [2.45, 2.75) is 25.2 Å². The van der Waals surface area contributed by atoms with Crippen LogP contribution in [0.4, 0.5) is 5.69 Å². The molecule has 0 atom stereocenters. The number of carbonyl (C=O) groups excluding carboxylic acids is 1. The van der Waals surface area contributed by atoms with Gasteiger partial charge in [-0.3, -0.25) is 18.8 Å². The summed E-state index contributed by atoms with van der Waals surface area (Å²) in [5.74, 6) is 1.11. The van der Waals surface area contributed by atoms with Gasteiger partial charge in [0.15, 0.2) is 11.0 Å². The van der Waals surface area contributed by atoms with Crippen molar-refractivity contribution in [2.75, 3.05) is 11.1 Å². The summed E-state index contributed by atoms with van der Waals surface area (Å²) in [5.41, 5.74) is 1.35. The highest BCUT2D eigenvalue weighted by atomic mass is 32.2. The minimum atomic E-state index is -0.309. The first kappa shape index (κ1) is 24.1. The molecule has 0 aliphatic heterocycles. The van der Waals surface area contributed by atoms with Crippen molar-refractivity contribution >= 4 is 23.4 Å². The van der Waals surface area contributed by atoms with E-state index in [0.717, 1.165) is 11.4 Å². The maximum atomic E-state index is 13.0. The second kappa shape index (κ2) is 10.9. The van der Waals surface area contributed by atoms with E-state index >= 15 is 0 Å². The first-order valence-corrected chi connectivity index (χ1v) is 12.0. The SMILES string of the molecule is C=CCn1c(COc2ccccc2)nnc1SCC(=O)Nc1c(C)n(C)n(-c2ccccc2)c1=O. The zero-order chi connectivity index (χ0) is 24.8. The molecule has 4 rings (SSSR count). The molecule has 0 unspecified atom stereocenters. The minimum Gasteiger partial charge on any atom is -0.486 e. The largest absolute Gasteiger partial charge is 0.486 e. The Morgan fingerprint density at radius 2 is 1.80 bits per heavy atom. The molecule has 4 aromatic rings. The van der Waals surface area contributed by atoms with Crippen LogP contribution in [-0.4, -0.2) is 35.8 Å². The Labute approximate surface area is 207 Å². The first-order chi connectivity index (χ1) is 17.0. The molecule has 9 nitrogen and oxygen atoms in total. The molecule has 0 aliphatic carbocycles. The molecule has 2 aromatic carbocycles. The molecular formula is C25H26N6O3S. The molecule has 0 aliphatic rings. The van der Waals surface area contributed by atoms with Gasteiger partial charge in [0.2, 0.25) is 5.91 Å². The lowest BCUT2D eigenvalue weighted by Crippen LogP contribution is -2.23. The van der Waals surface area contributed by atoms with E-state index in [-0.39, 0.29) is 29.5 Å². The van der Waals surface area contributed by atoms with Gasteiger partial charge < -0.3 is 10.1 Å². The molecule has 35 heavy (non-hydrogen) atoms. The van der Waals surface area contributed by atoms with E-state index in [1.54, 1.807) is 24.7 Å². The number of aromatic nitrogens is 5. The Bertz CT molecular complexity index is 1380. The molecule has 1 amide bonds. The highest BCUT2D eigenvalue weighted by Gasteiger charge is 2.19. The van der Waals surface area contributed by atoms with Crippen LogP contribution in [0, 0.1) is 6.92 Å². The van der Waals surface area contributed by atoms with E-state index in [9.17, 15) is 9.59 Å². The molecule has 2 heterocycles. The summed E-state index contributed by atoms with van der Waals surface area (Å²) >= 11 is 1.23. The van der Waals surface area contributed by atoms with Crippen LogP contribution in [-0.2, 0) is 25.0 Å². The normalized spacial score (nSPS) is 10.8. The van der Waals surface area contributed by atoms with Crippen LogP contribution < -0.4 is 15.6 Å². The number of hydrogen-bond donors (Lipinski definition) is 1. The lowest BCUT2D eigenvalue weighted by molar-refractivity contribution is -0.113. The summed E-state index contributed by atoms with van der Waals surface area (Å²) in [7, 11) is 1.78. The van der Waals surface area contributed by atoms with E-state index in [2.05, 4.69) is 22.1 Å². The van der Waals surface area contributed by atoms with Gasteiger partial charge in [-0.05, 0) is 31.2 Å². The monoisotopic (exact) mass is 490 g/mol. The molecule has 0 radical (unpaired) electrons. The predicted molar refractivity (Wildman–Crippen MR) is 136 cm³/mol. The fraction of sp³-hybridized carbons (Fsp3) is 0.200. The number of amides is 1. The Hall–Kier alpha value is -4.05. The Morgan fingerprint density at radius 1 is 1.11 bits per heavy atom. The topological polar surface area (TPSA) is 96.0 Å². The van der Waals surface area contributed by atoms with Crippen LogP contribution in [0.1, 0.15) is 11.5 Å². The van der Waals surface area contributed by atoms with Crippen molar-refractivity contribution in [1.82, 2.24) is 24.1 Å². The van der Waals surface area contributed by atoms with Crippen molar-refractivity contribution in [1.29, 1.82) is 0 Å². The lowest BCUT2D eigenvalue weighted by atomic mass is 10.3. The summed E-state index contributed by atoms with van der Waals surface area (Å²) in [5, 5.41) is 11.8. The van der Waals surface area contributed by atoms with Gasteiger partial charge in [-0.15, -0.1) is 16.8 Å². The van der Waals surface area contributed by atoms with E-state index < -0.39 is 0 Å². The Morgan fingerprint density at radius 3 is 2.49 bits per heavy atom. The third kappa shape index (κ3) is 5.38. The molecule has 0 fully saturated rings. The number of ether oxygens (including phenoxy) is 1. The third-order valence-electron chi connectivity index (χ3n) is 5.37. The van der Waals surface area contributed by atoms with Gasteiger partial charge in [-0.1, -0.05) is 54.2 Å². The van der Waals surface area contributed by atoms with Crippen molar-refractivity contribution in [2.24, 2.45) is 7.05 Å². The number of nitrogens with one attached hydrogen (secondary N) is 1. The zero-order valence-corrected chi connectivity index (χ0v) is 20.4. The number of rotatable bonds is 10. The van der Waals surface area contributed by atoms with Gasteiger partial charge in [0.1, 0.15) is 18.0 Å². The third-order valence-corrected chi connectivity index (χ3v) is 6.33. The molecule has 1 N–H and O–H groups in total. The average Bonchev–Trinajstić information content (AvgIpc) is 3.35. The highest BCUT2D eigenvalue weighted by molar-refractivity contribution is 7.99. The predicted octanol–water partition coefficient (Wildman–Crippen LogP) is 3.57. The van der Waals surface area contributed by atoms with E-state index in [1.165, 1.54) is 16.4 Å². The highest BCUT2D eigenvalue weighted by Crippen LogP contribution is 2.20. The number of allylic oxidation sites excluding steroid dienone is 1. The number of thioether (sulfide) groups is 1. The lowest BCUT2D eigenvalue weighted by Gasteiger charge is -2.09. The Balaban J connectivity index is 1.44. The fourth-order valence-electron chi connectivity index (χ4n) is 3.53. The maximum absolute atomic E-state index is 13.0. The number of hydrogen-bond acceptors (Lipinski definition) is 6. The molecule has 2 aromatic heterocycles. The standard InChI is InChI=1S/C25H26N6O3S/c1-4-15-30-21(16-34-20-13-9-6-10-14-20)27-28-25(30)35-17-22(32)26-23-18(2)29(3)31(24(23)33)19-11-7-5-8-12-19/h4-14H,1,15-17H2,2-3H3,(H,26,32). The van der Waals surface area contributed by atoms with Gasteiger partial charge in [0.05, 0.1) is 17.1 Å².